The molecule has 0 aliphatic heterocycles. The third-order valence-corrected chi connectivity index (χ3v) is 7.60. The van der Waals surface area contributed by atoms with E-state index in [1.807, 2.05) is 22.8 Å². The molecule has 0 bridgehead atoms. The van der Waals surface area contributed by atoms with Crippen LogP contribution in [-0.2, 0) is 51.7 Å². The number of fused-ring (bicyclic) bond motifs is 4. The Morgan fingerprint density at radius 2 is 0.540 bits per heavy atom. The summed E-state index contributed by atoms with van der Waals surface area (Å²) in [5.74, 6) is 0. The van der Waals surface area contributed by atoms with Gasteiger partial charge in [0.2, 0.25) is 0 Å². The second-order valence-corrected chi connectivity index (χ2v) is 12.1. The average Bonchev–Trinajstić information content (AvgIpc) is 3.94. The Morgan fingerprint density at radius 1 is 0.340 bits per heavy atom. The molecule has 8 aromatic carbocycles. The van der Waals surface area contributed by atoms with Crippen LogP contribution in [0.25, 0.3) is 43.1 Å². The Morgan fingerprint density at radius 3 is 0.700 bits per heavy atom. The molecule has 0 heterocycles. The van der Waals surface area contributed by atoms with Crippen LogP contribution < -0.4 is 24.8 Å². The molecule has 8 aromatic rings. The second kappa shape index (κ2) is 30.8. The van der Waals surface area contributed by atoms with Crippen molar-refractivity contribution in [1.29, 1.82) is 0 Å². The number of hydrogen-bond donors (Lipinski definition) is 0. The van der Waals surface area contributed by atoms with Crippen LogP contribution in [0.5, 0.6) is 0 Å². The number of benzene rings is 4. The Hall–Kier alpha value is -2.97. The maximum absolute atomic E-state index is 3.49. The summed E-state index contributed by atoms with van der Waals surface area (Å²) in [5, 5.41) is 10.6. The second-order valence-electron chi connectivity index (χ2n) is 9.77. The van der Waals surface area contributed by atoms with Gasteiger partial charge in [-0.1, -0.05) is 24.3 Å². The minimum absolute atomic E-state index is 0. The fraction of sp³-hybridized carbons (Fsp3) is 0. The van der Waals surface area contributed by atoms with Crippen LogP contribution in [0.2, 0.25) is 0 Å². The van der Waals surface area contributed by atoms with E-state index < -0.39 is 0 Å². The van der Waals surface area contributed by atoms with Gasteiger partial charge in [-0.3, -0.25) is 0 Å². The fourth-order valence-corrected chi connectivity index (χ4v) is 4.78. The van der Waals surface area contributed by atoms with Crippen molar-refractivity contribution in [3.63, 3.8) is 0 Å². The Labute approximate surface area is 354 Å². The molecule has 50 heavy (non-hydrogen) atoms. The molecule has 0 amide bonds. The van der Waals surface area contributed by atoms with Crippen molar-refractivity contribution < 1.29 is 76.5 Å². The van der Waals surface area contributed by atoms with Gasteiger partial charge in [0, 0.05) is 51.7 Å². The molecule has 0 unspecified atom stereocenters. The molecule has 4 radical (unpaired) electrons. The maximum atomic E-state index is 3.49. The van der Waals surface area contributed by atoms with Gasteiger partial charge in [0.15, 0.2) is 0 Å². The summed E-state index contributed by atoms with van der Waals surface area (Å²) in [6.45, 7) is 14.0. The molecule has 0 nitrogen and oxygen atoms in total. The first kappa shape index (κ1) is 49.1. The zero-order valence-electron chi connectivity index (χ0n) is 28.1. The predicted octanol–water partition coefficient (Wildman–Crippen LogP) is 6.19. The van der Waals surface area contributed by atoms with Crippen molar-refractivity contribution in [2.75, 3.05) is 0 Å². The molecule has 0 saturated heterocycles. The van der Waals surface area contributed by atoms with Gasteiger partial charge in [-0.25, -0.2) is 0 Å². The number of halogens is 2. The molecular weight excluding hydrogens is 1010 g/mol. The minimum atomic E-state index is 0. The van der Waals surface area contributed by atoms with Crippen molar-refractivity contribution in [2.45, 2.75) is 0 Å². The summed E-state index contributed by atoms with van der Waals surface area (Å²) in [6.07, 6.45) is 0. The molecule has 8 rings (SSSR count). The van der Waals surface area contributed by atoms with E-state index in [1.165, 1.54) is 43.1 Å². The third-order valence-electron chi connectivity index (χ3n) is 6.66. The standard InChI is InChI=1S/4C9H7.2C4H6Si.2ClH.2Hf/c4*1-2-5-9-7-3-6-8(9)4-1;2*1-3-5-4-2;;;;/h4*1-7H;2*3-4H,1-2H2;2*1H;;/q4*-1;;;;;;/p-2. The average molecular weight is 1050 g/mol. The van der Waals surface area contributed by atoms with Crippen LogP contribution in [0.4, 0.5) is 0 Å². The molecule has 252 valence electrons. The fourth-order valence-electron chi connectivity index (χ4n) is 4.45. The molecular formula is C44H40Cl2Hf2Si2-6. The van der Waals surface area contributed by atoms with Crippen LogP contribution in [0, 0.1) is 0 Å². The topological polar surface area (TPSA) is 0 Å². The van der Waals surface area contributed by atoms with Crippen LogP contribution >= 0.6 is 0 Å². The van der Waals surface area contributed by atoms with Gasteiger partial charge < -0.3 is 24.8 Å². The van der Waals surface area contributed by atoms with Crippen LogP contribution in [0.1, 0.15) is 0 Å². The van der Waals surface area contributed by atoms with Crippen LogP contribution in [-0.4, -0.2) is 19.0 Å². The van der Waals surface area contributed by atoms with Gasteiger partial charge >= 0.3 is 0 Å². The zero-order chi connectivity index (χ0) is 32.7. The normalized spacial score (nSPS) is 8.64. The summed E-state index contributed by atoms with van der Waals surface area (Å²) in [6, 6.07) is 58.7. The summed E-state index contributed by atoms with van der Waals surface area (Å²) in [5.41, 5.74) is 7.36. The first-order valence-electron chi connectivity index (χ1n) is 15.1. The molecule has 0 spiro atoms. The van der Waals surface area contributed by atoms with Gasteiger partial charge in [0.05, 0.1) is 19.0 Å². The summed E-state index contributed by atoms with van der Waals surface area (Å²) < 4.78 is 0. The molecule has 0 saturated carbocycles. The number of rotatable bonds is 4. The SMILES string of the molecule is C=C[Si]C=C.C=C[Si]C=C.[Cl-].[Cl-].[Hf].[Hf].c1ccc2[cH-]ccc2c1.c1ccc2[cH-]ccc2c1.c1ccc2[cH-]ccc2c1.c1ccc2[cH-]ccc2c1. The molecule has 0 fully saturated rings. The van der Waals surface area contributed by atoms with Gasteiger partial charge in [0.1, 0.15) is 0 Å². The molecule has 0 atom stereocenters. The molecule has 0 N–H and O–H groups in total. The zero-order valence-corrected chi connectivity index (χ0v) is 38.8. The molecule has 6 heteroatoms. The van der Waals surface area contributed by atoms with Crippen molar-refractivity contribution in [1.82, 2.24) is 0 Å². The smallest absolute Gasteiger partial charge is 0.0997 e. The van der Waals surface area contributed by atoms with E-state index in [0.29, 0.717) is 0 Å². The molecule has 0 aliphatic rings. The summed E-state index contributed by atoms with van der Waals surface area (Å²) >= 11 is 0. The third kappa shape index (κ3) is 18.3. The van der Waals surface area contributed by atoms with Gasteiger partial charge in [-0.2, -0.15) is 70.1 Å². The van der Waals surface area contributed by atoms with E-state index >= 15 is 0 Å². The Kier molecular flexibility index (Phi) is 30.3. The van der Waals surface area contributed by atoms with E-state index in [1.54, 1.807) is 0 Å². The van der Waals surface area contributed by atoms with Crippen molar-refractivity contribution >= 4 is 62.1 Å². The van der Waals surface area contributed by atoms with Crippen LogP contribution in [0.3, 0.4) is 0 Å². The maximum Gasteiger partial charge on any atom is 0.0997 e. The van der Waals surface area contributed by atoms with Crippen molar-refractivity contribution in [3.8, 4) is 0 Å². The van der Waals surface area contributed by atoms with Crippen molar-refractivity contribution in [3.05, 3.63) is 219 Å². The quantitative estimate of drug-likeness (QED) is 0.146. The Balaban J connectivity index is 0. The van der Waals surface area contributed by atoms with E-state index in [0.717, 1.165) is 19.0 Å². The van der Waals surface area contributed by atoms with E-state index in [-0.39, 0.29) is 76.5 Å². The summed E-state index contributed by atoms with van der Waals surface area (Å²) in [4.78, 5) is 0. The van der Waals surface area contributed by atoms with Gasteiger partial charge in [-0.15, -0.1) is 168 Å². The first-order valence-corrected chi connectivity index (χ1v) is 17.4. The van der Waals surface area contributed by atoms with E-state index in [4.69, 9.17) is 0 Å². The van der Waals surface area contributed by atoms with Gasteiger partial charge in [0.25, 0.3) is 0 Å². The largest absolute Gasteiger partial charge is 1.00 e. The van der Waals surface area contributed by atoms with Crippen LogP contribution in [0.15, 0.2) is 219 Å². The summed E-state index contributed by atoms with van der Waals surface area (Å²) in [7, 11) is 1.45. The van der Waals surface area contributed by atoms with Crippen molar-refractivity contribution in [2.24, 2.45) is 0 Å². The Bertz CT molecular complexity index is 1600. The van der Waals surface area contributed by atoms with E-state index in [9.17, 15) is 0 Å². The predicted molar refractivity (Wildman–Crippen MR) is 210 cm³/mol. The first-order chi connectivity index (χ1) is 22.7. The van der Waals surface area contributed by atoms with E-state index in [2.05, 4.69) is 196 Å². The monoisotopic (exact) mass is 1050 g/mol. The molecule has 0 aromatic heterocycles. The molecule has 0 aliphatic carbocycles. The van der Waals surface area contributed by atoms with Gasteiger partial charge in [-0.05, 0) is 0 Å². The number of hydrogen-bond acceptors (Lipinski definition) is 0. The minimum Gasteiger partial charge on any atom is -1.00 e.